The van der Waals surface area contributed by atoms with Crippen LogP contribution in [0.1, 0.15) is 12.5 Å². The molecule has 0 radical (unpaired) electrons. The van der Waals surface area contributed by atoms with E-state index in [1.807, 2.05) is 6.07 Å². The Hall–Kier alpha value is -3.62. The Morgan fingerprint density at radius 3 is 2.30 bits per heavy atom. The molecule has 9 nitrogen and oxygen atoms in total. The fourth-order valence-electron chi connectivity index (χ4n) is 3.31. The van der Waals surface area contributed by atoms with Gasteiger partial charge in [-0.1, -0.05) is 25.1 Å². The van der Waals surface area contributed by atoms with E-state index >= 15 is 0 Å². The van der Waals surface area contributed by atoms with Crippen LogP contribution in [0.15, 0.2) is 44.7 Å². The molecule has 0 aliphatic heterocycles. The zero-order chi connectivity index (χ0) is 19.5. The average molecular weight is 367 g/mol. The summed E-state index contributed by atoms with van der Waals surface area (Å²) in [7, 11) is 2.84. The first-order chi connectivity index (χ1) is 12.9. The van der Waals surface area contributed by atoms with Gasteiger partial charge in [0.1, 0.15) is 0 Å². The molecule has 4 rings (SSSR count). The van der Waals surface area contributed by atoms with Crippen LogP contribution in [0.3, 0.4) is 0 Å². The second kappa shape index (κ2) is 5.70. The van der Waals surface area contributed by atoms with Gasteiger partial charge in [0.15, 0.2) is 11.2 Å². The van der Waals surface area contributed by atoms with Crippen LogP contribution in [0.4, 0.5) is 0 Å². The van der Waals surface area contributed by atoms with Gasteiger partial charge in [0, 0.05) is 14.1 Å². The van der Waals surface area contributed by atoms with Gasteiger partial charge in [-0.05, 0) is 18.6 Å². The molecule has 0 spiro atoms. The number of para-hydroxylation sites is 1. The smallest absolute Gasteiger partial charge is 0.332 e. The summed E-state index contributed by atoms with van der Waals surface area (Å²) in [5.74, 6) is -0.280. The Balaban J connectivity index is 2.39. The van der Waals surface area contributed by atoms with Gasteiger partial charge in [0.2, 0.25) is 11.7 Å². The minimum atomic E-state index is -0.601. The van der Waals surface area contributed by atoms with Crippen molar-refractivity contribution in [1.82, 2.24) is 23.1 Å². The van der Waals surface area contributed by atoms with Gasteiger partial charge in [-0.2, -0.15) is 4.98 Å². The Bertz CT molecular complexity index is 1390. The van der Waals surface area contributed by atoms with Crippen LogP contribution < -0.4 is 16.8 Å². The van der Waals surface area contributed by atoms with Crippen molar-refractivity contribution in [2.75, 3.05) is 0 Å². The third-order valence-corrected chi connectivity index (χ3v) is 4.75. The topological polar surface area (TPSA) is 104 Å². The molecule has 0 aliphatic rings. The van der Waals surface area contributed by atoms with Gasteiger partial charge >= 0.3 is 5.69 Å². The first kappa shape index (κ1) is 16.8. The lowest BCUT2D eigenvalue weighted by Crippen LogP contribution is -2.37. The highest BCUT2D eigenvalue weighted by atomic mass is 16.3. The highest BCUT2D eigenvalue weighted by Crippen LogP contribution is 2.23. The van der Waals surface area contributed by atoms with E-state index in [1.54, 1.807) is 31.2 Å². The molecule has 0 aliphatic carbocycles. The molecular weight excluding hydrogens is 350 g/mol. The number of aryl methyl sites for hydroxylation is 1. The third kappa shape index (κ3) is 2.11. The van der Waals surface area contributed by atoms with Crippen molar-refractivity contribution in [1.29, 1.82) is 0 Å². The van der Waals surface area contributed by atoms with E-state index in [1.165, 1.54) is 27.6 Å². The van der Waals surface area contributed by atoms with Crippen LogP contribution in [0.25, 0.3) is 22.6 Å². The molecule has 0 saturated heterocycles. The molecule has 0 amide bonds. The fraction of sp³-hybridized carbons (Fsp3) is 0.222. The molecule has 1 N–H and O–H groups in total. The number of nitrogens with zero attached hydrogens (tertiary/aromatic N) is 5. The summed E-state index contributed by atoms with van der Waals surface area (Å²) in [6, 6.07) is 8.82. The number of aromatic hydroxyl groups is 1. The lowest BCUT2D eigenvalue weighted by atomic mass is 10.2. The minimum absolute atomic E-state index is 0.0338. The van der Waals surface area contributed by atoms with Crippen LogP contribution in [-0.2, 0) is 20.5 Å². The molecule has 9 heteroatoms. The highest BCUT2D eigenvalue weighted by molar-refractivity contribution is 5.77. The van der Waals surface area contributed by atoms with E-state index in [0.29, 0.717) is 5.69 Å². The molecule has 3 aromatic heterocycles. The lowest BCUT2D eigenvalue weighted by Gasteiger charge is -2.12. The molecule has 3 heterocycles. The van der Waals surface area contributed by atoms with Gasteiger partial charge in [0.05, 0.1) is 11.3 Å². The summed E-state index contributed by atoms with van der Waals surface area (Å²) in [6.07, 6.45) is 0.263. The summed E-state index contributed by atoms with van der Waals surface area (Å²) in [5, 5.41) is 10.7. The SMILES string of the molecule is CCc1c(O)n2c3c(=O)n(C)c(=O)n(C)c3nc2n(-c2ccccc2)c1=O. The molecule has 0 saturated carbocycles. The fourth-order valence-corrected chi connectivity index (χ4v) is 3.31. The van der Waals surface area contributed by atoms with Crippen molar-refractivity contribution >= 4 is 16.9 Å². The number of hydrogen-bond acceptors (Lipinski definition) is 5. The van der Waals surface area contributed by atoms with E-state index in [0.717, 1.165) is 4.57 Å². The standard InChI is InChI=1S/C18H17N5O4/c1-4-11-14(24)22(10-8-6-5-7-9-10)17-19-13-12(23(17)15(11)25)16(26)21(3)18(27)20(13)2/h5-9,25H,4H2,1-3H3. The van der Waals surface area contributed by atoms with Crippen molar-refractivity contribution in [3.8, 4) is 11.6 Å². The highest BCUT2D eigenvalue weighted by Gasteiger charge is 2.24. The molecule has 1 aromatic carbocycles. The van der Waals surface area contributed by atoms with Crippen LogP contribution in [-0.4, -0.2) is 28.2 Å². The van der Waals surface area contributed by atoms with Crippen LogP contribution in [0.2, 0.25) is 0 Å². The molecular formula is C18H17N5O4. The predicted octanol–water partition coefficient (Wildman–Crippen LogP) is 0.304. The van der Waals surface area contributed by atoms with Gasteiger partial charge in [-0.25, -0.2) is 13.8 Å². The number of rotatable bonds is 2. The summed E-state index contributed by atoms with van der Waals surface area (Å²) in [4.78, 5) is 42.4. The quantitative estimate of drug-likeness (QED) is 0.549. The summed E-state index contributed by atoms with van der Waals surface area (Å²) < 4.78 is 4.74. The Kier molecular flexibility index (Phi) is 3.55. The first-order valence-corrected chi connectivity index (χ1v) is 8.39. The Morgan fingerprint density at radius 2 is 1.67 bits per heavy atom. The average Bonchev–Trinajstić information content (AvgIpc) is 3.06. The predicted molar refractivity (Wildman–Crippen MR) is 99.8 cm³/mol. The molecule has 138 valence electrons. The van der Waals surface area contributed by atoms with Gasteiger partial charge in [0.25, 0.3) is 11.1 Å². The molecule has 4 aromatic rings. The van der Waals surface area contributed by atoms with Gasteiger partial charge in [-0.3, -0.25) is 18.7 Å². The van der Waals surface area contributed by atoms with E-state index < -0.39 is 16.8 Å². The third-order valence-electron chi connectivity index (χ3n) is 4.75. The lowest BCUT2D eigenvalue weighted by molar-refractivity contribution is 0.437. The van der Waals surface area contributed by atoms with Crippen molar-refractivity contribution in [2.24, 2.45) is 14.1 Å². The summed E-state index contributed by atoms with van der Waals surface area (Å²) in [5.41, 5.74) is -0.745. The maximum Gasteiger partial charge on any atom is 0.332 e. The van der Waals surface area contributed by atoms with E-state index in [-0.39, 0.29) is 34.8 Å². The minimum Gasteiger partial charge on any atom is -0.494 e. The number of imidazole rings is 1. The van der Waals surface area contributed by atoms with Gasteiger partial charge < -0.3 is 5.11 Å². The van der Waals surface area contributed by atoms with E-state index in [4.69, 9.17) is 0 Å². The van der Waals surface area contributed by atoms with Gasteiger partial charge in [-0.15, -0.1) is 0 Å². The second-order valence-corrected chi connectivity index (χ2v) is 6.26. The Labute approximate surface area is 152 Å². The number of fused-ring (bicyclic) bond motifs is 3. The van der Waals surface area contributed by atoms with Crippen molar-refractivity contribution in [2.45, 2.75) is 13.3 Å². The zero-order valence-electron chi connectivity index (χ0n) is 15.0. The molecule has 0 unspecified atom stereocenters. The largest absolute Gasteiger partial charge is 0.494 e. The second-order valence-electron chi connectivity index (χ2n) is 6.26. The number of aromatic nitrogens is 5. The normalized spacial score (nSPS) is 11.5. The molecule has 0 fully saturated rings. The monoisotopic (exact) mass is 367 g/mol. The molecule has 27 heavy (non-hydrogen) atoms. The van der Waals surface area contributed by atoms with Crippen molar-refractivity contribution < 1.29 is 5.11 Å². The number of benzene rings is 1. The van der Waals surface area contributed by atoms with E-state index in [9.17, 15) is 19.5 Å². The van der Waals surface area contributed by atoms with Crippen molar-refractivity contribution in [3.63, 3.8) is 0 Å². The summed E-state index contributed by atoms with van der Waals surface area (Å²) in [6.45, 7) is 1.74. The van der Waals surface area contributed by atoms with Crippen LogP contribution >= 0.6 is 0 Å². The molecule has 0 bridgehead atoms. The molecule has 0 atom stereocenters. The van der Waals surface area contributed by atoms with Crippen molar-refractivity contribution in [3.05, 3.63) is 67.1 Å². The summed E-state index contributed by atoms with van der Waals surface area (Å²) >= 11 is 0. The van der Waals surface area contributed by atoms with Crippen LogP contribution in [0, 0.1) is 0 Å². The van der Waals surface area contributed by atoms with E-state index in [2.05, 4.69) is 4.98 Å². The zero-order valence-corrected chi connectivity index (χ0v) is 15.0. The Morgan fingerprint density at radius 1 is 1.00 bits per heavy atom. The maximum atomic E-state index is 13.0. The maximum absolute atomic E-state index is 13.0. The van der Waals surface area contributed by atoms with Crippen LogP contribution in [0.5, 0.6) is 5.88 Å². The first-order valence-electron chi connectivity index (χ1n) is 8.39. The number of hydrogen-bond donors (Lipinski definition) is 1.